The third-order valence-electron chi connectivity index (χ3n) is 5.51. The Labute approximate surface area is 143 Å². The number of carbonyl (C=O) groups excluding carboxylic acids is 1. The van der Waals surface area contributed by atoms with Gasteiger partial charge in [0.05, 0.1) is 17.3 Å². The van der Waals surface area contributed by atoms with Gasteiger partial charge in [0.25, 0.3) is 0 Å². The molecule has 0 bridgehead atoms. The van der Waals surface area contributed by atoms with Crippen LogP contribution in [0.5, 0.6) is 0 Å². The van der Waals surface area contributed by atoms with E-state index in [1.807, 2.05) is 24.3 Å². The number of carbonyl (C=O) groups is 1. The number of primary amides is 1. The minimum atomic E-state index is -0.208. The summed E-state index contributed by atoms with van der Waals surface area (Å²) in [6.07, 6.45) is 5.53. The van der Waals surface area contributed by atoms with Crippen molar-refractivity contribution in [2.24, 2.45) is 17.6 Å². The summed E-state index contributed by atoms with van der Waals surface area (Å²) in [5.41, 5.74) is 7.35. The van der Waals surface area contributed by atoms with E-state index in [9.17, 15) is 10.1 Å². The lowest BCUT2D eigenvalue weighted by Gasteiger charge is -2.38. The van der Waals surface area contributed by atoms with Crippen molar-refractivity contribution in [3.05, 3.63) is 29.8 Å². The fourth-order valence-corrected chi connectivity index (χ4v) is 4.22. The average Bonchev–Trinajstić information content (AvgIpc) is 2.62. The molecule has 128 valence electrons. The van der Waals surface area contributed by atoms with Crippen molar-refractivity contribution >= 4 is 11.6 Å². The zero-order valence-electron chi connectivity index (χ0n) is 14.1. The maximum absolute atomic E-state index is 11.6. The number of piperidine rings is 2. The molecule has 0 aromatic heterocycles. The van der Waals surface area contributed by atoms with Crippen molar-refractivity contribution in [3.63, 3.8) is 0 Å². The Morgan fingerprint density at radius 3 is 2.75 bits per heavy atom. The van der Waals surface area contributed by atoms with Gasteiger partial charge in [0, 0.05) is 13.1 Å². The molecule has 2 fully saturated rings. The summed E-state index contributed by atoms with van der Waals surface area (Å²) in [5.74, 6) is 0.807. The van der Waals surface area contributed by atoms with Crippen LogP contribution in [-0.4, -0.2) is 31.6 Å². The molecular weight excluding hydrogens is 300 g/mol. The molecule has 5 heteroatoms. The zero-order chi connectivity index (χ0) is 16.9. The van der Waals surface area contributed by atoms with Gasteiger partial charge in [-0.15, -0.1) is 0 Å². The molecule has 1 amide bonds. The Hall–Kier alpha value is -2.06. The number of amides is 1. The number of benzene rings is 1. The standard InChI is InChI=1S/C19H26N4O/c20-13-16-4-1-2-6-17(16)23-10-7-14(8-11-23)12-15-5-3-9-22-18(15)19(21)24/h1-2,4,6,14-15,18,22H,3,5,7-12H2,(H2,21,24). The smallest absolute Gasteiger partial charge is 0.234 e. The largest absolute Gasteiger partial charge is 0.370 e. The SMILES string of the molecule is N#Cc1ccccc1N1CCC(CC2CCCNC2C(N)=O)CC1. The van der Waals surface area contributed by atoms with Crippen molar-refractivity contribution in [1.82, 2.24) is 5.32 Å². The first-order valence-corrected chi connectivity index (χ1v) is 8.96. The Kier molecular flexibility index (Phi) is 5.37. The molecule has 3 N–H and O–H groups in total. The number of anilines is 1. The maximum Gasteiger partial charge on any atom is 0.234 e. The summed E-state index contributed by atoms with van der Waals surface area (Å²) in [7, 11) is 0. The van der Waals surface area contributed by atoms with Gasteiger partial charge < -0.3 is 16.0 Å². The van der Waals surface area contributed by atoms with Gasteiger partial charge in [0.1, 0.15) is 6.07 Å². The third-order valence-corrected chi connectivity index (χ3v) is 5.51. The van der Waals surface area contributed by atoms with Gasteiger partial charge in [0.2, 0.25) is 5.91 Å². The van der Waals surface area contributed by atoms with E-state index in [1.54, 1.807) is 0 Å². The number of hydrogen-bond donors (Lipinski definition) is 2. The van der Waals surface area contributed by atoms with Crippen molar-refractivity contribution in [3.8, 4) is 6.07 Å². The molecule has 2 saturated heterocycles. The van der Waals surface area contributed by atoms with Crippen molar-refractivity contribution in [2.45, 2.75) is 38.1 Å². The van der Waals surface area contributed by atoms with Crippen molar-refractivity contribution in [1.29, 1.82) is 5.26 Å². The Balaban J connectivity index is 1.57. The van der Waals surface area contributed by atoms with Crippen LogP contribution in [0.4, 0.5) is 5.69 Å². The van der Waals surface area contributed by atoms with Crippen molar-refractivity contribution in [2.75, 3.05) is 24.5 Å². The van der Waals surface area contributed by atoms with Gasteiger partial charge in [-0.2, -0.15) is 5.26 Å². The van der Waals surface area contributed by atoms with E-state index in [0.717, 1.165) is 63.0 Å². The highest BCUT2D eigenvalue weighted by atomic mass is 16.1. The van der Waals surface area contributed by atoms with Gasteiger partial charge in [-0.05, 0) is 62.6 Å². The molecule has 5 nitrogen and oxygen atoms in total. The predicted molar refractivity (Wildman–Crippen MR) is 94.4 cm³/mol. The molecular formula is C19H26N4O. The molecule has 2 unspecified atom stereocenters. The molecule has 1 aromatic carbocycles. The lowest BCUT2D eigenvalue weighted by atomic mass is 9.79. The number of hydrogen-bond acceptors (Lipinski definition) is 4. The minimum absolute atomic E-state index is 0.156. The van der Waals surface area contributed by atoms with Gasteiger partial charge >= 0.3 is 0 Å². The van der Waals surface area contributed by atoms with Crippen LogP contribution in [0.25, 0.3) is 0 Å². The van der Waals surface area contributed by atoms with Crippen LogP contribution in [-0.2, 0) is 4.79 Å². The number of nitrogens with two attached hydrogens (primary N) is 1. The minimum Gasteiger partial charge on any atom is -0.370 e. The first-order valence-electron chi connectivity index (χ1n) is 8.96. The van der Waals surface area contributed by atoms with E-state index in [0.29, 0.717) is 11.8 Å². The molecule has 24 heavy (non-hydrogen) atoms. The lowest BCUT2D eigenvalue weighted by molar-refractivity contribution is -0.122. The molecule has 2 atom stereocenters. The number of nitrogens with zero attached hydrogens (tertiary/aromatic N) is 2. The summed E-state index contributed by atoms with van der Waals surface area (Å²) in [5, 5.41) is 12.6. The second kappa shape index (κ2) is 7.67. The van der Waals surface area contributed by atoms with Crippen LogP contribution in [0.3, 0.4) is 0 Å². The molecule has 2 aliphatic heterocycles. The van der Waals surface area contributed by atoms with Crippen LogP contribution in [0.15, 0.2) is 24.3 Å². The van der Waals surface area contributed by atoms with Crippen LogP contribution in [0.2, 0.25) is 0 Å². The highest BCUT2D eigenvalue weighted by Gasteiger charge is 2.32. The molecule has 0 aliphatic carbocycles. The van der Waals surface area contributed by atoms with Gasteiger partial charge in [-0.3, -0.25) is 4.79 Å². The zero-order valence-corrected chi connectivity index (χ0v) is 14.1. The van der Waals surface area contributed by atoms with Crippen molar-refractivity contribution < 1.29 is 4.79 Å². The first kappa shape index (κ1) is 16.8. The summed E-state index contributed by atoms with van der Waals surface area (Å²) in [6.45, 7) is 2.85. The Morgan fingerprint density at radius 1 is 1.29 bits per heavy atom. The van der Waals surface area contributed by atoms with E-state index in [-0.39, 0.29) is 11.9 Å². The van der Waals surface area contributed by atoms with Crippen LogP contribution >= 0.6 is 0 Å². The van der Waals surface area contributed by atoms with Gasteiger partial charge in [-0.1, -0.05) is 12.1 Å². The second-order valence-corrected chi connectivity index (χ2v) is 7.03. The normalized spacial score (nSPS) is 25.2. The number of nitrogens with one attached hydrogen (secondary N) is 1. The van der Waals surface area contributed by atoms with Gasteiger partial charge in [0.15, 0.2) is 0 Å². The van der Waals surface area contributed by atoms with E-state index < -0.39 is 0 Å². The number of para-hydroxylation sites is 1. The average molecular weight is 326 g/mol. The quantitative estimate of drug-likeness (QED) is 0.887. The van der Waals surface area contributed by atoms with Crippen LogP contribution in [0.1, 0.15) is 37.7 Å². The maximum atomic E-state index is 11.6. The highest BCUT2D eigenvalue weighted by molar-refractivity contribution is 5.80. The summed E-state index contributed by atoms with van der Waals surface area (Å²) in [6, 6.07) is 9.95. The Morgan fingerprint density at radius 2 is 2.04 bits per heavy atom. The predicted octanol–water partition coefficient (Wildman–Crippen LogP) is 2.02. The summed E-state index contributed by atoms with van der Waals surface area (Å²) >= 11 is 0. The molecule has 0 saturated carbocycles. The van der Waals surface area contributed by atoms with E-state index in [4.69, 9.17) is 5.73 Å². The second-order valence-electron chi connectivity index (χ2n) is 7.03. The molecule has 1 aromatic rings. The van der Waals surface area contributed by atoms with Crippen LogP contribution < -0.4 is 16.0 Å². The first-order chi connectivity index (χ1) is 11.7. The number of nitriles is 1. The monoisotopic (exact) mass is 326 g/mol. The molecule has 3 rings (SSSR count). The molecule has 2 heterocycles. The van der Waals surface area contributed by atoms with Gasteiger partial charge in [-0.25, -0.2) is 0 Å². The van der Waals surface area contributed by atoms with E-state index in [1.165, 1.54) is 0 Å². The van der Waals surface area contributed by atoms with E-state index in [2.05, 4.69) is 16.3 Å². The number of rotatable bonds is 4. The molecule has 0 radical (unpaired) electrons. The fraction of sp³-hybridized carbons (Fsp3) is 0.579. The van der Waals surface area contributed by atoms with E-state index >= 15 is 0 Å². The highest BCUT2D eigenvalue weighted by Crippen LogP contribution is 2.32. The lowest BCUT2D eigenvalue weighted by Crippen LogP contribution is -2.50. The summed E-state index contributed by atoms with van der Waals surface area (Å²) < 4.78 is 0. The third kappa shape index (κ3) is 3.70. The Bertz CT molecular complexity index is 616. The summed E-state index contributed by atoms with van der Waals surface area (Å²) in [4.78, 5) is 14.0. The molecule has 2 aliphatic rings. The topological polar surface area (TPSA) is 82.2 Å². The molecule has 0 spiro atoms. The van der Waals surface area contributed by atoms with Crippen LogP contribution in [0, 0.1) is 23.2 Å². The fourth-order valence-electron chi connectivity index (χ4n) is 4.22.